The molecule has 0 aliphatic heterocycles. The quantitative estimate of drug-likeness (QED) is 0.416. The minimum absolute atomic E-state index is 0.278. The van der Waals surface area contributed by atoms with E-state index in [1.54, 1.807) is 42.5 Å². The summed E-state index contributed by atoms with van der Waals surface area (Å²) in [7, 11) is 2.96. The van der Waals surface area contributed by atoms with Gasteiger partial charge in [0.05, 0.1) is 26.2 Å². The van der Waals surface area contributed by atoms with E-state index in [9.17, 15) is 19.2 Å². The van der Waals surface area contributed by atoms with Gasteiger partial charge in [0, 0.05) is 17.3 Å². The van der Waals surface area contributed by atoms with E-state index in [1.165, 1.54) is 21.1 Å². The van der Waals surface area contributed by atoms with Gasteiger partial charge in [-0.3, -0.25) is 14.4 Å². The second kappa shape index (κ2) is 10.1. The van der Waals surface area contributed by atoms with Crippen LogP contribution in [-0.4, -0.2) is 46.9 Å². The van der Waals surface area contributed by atoms with Gasteiger partial charge in [0.1, 0.15) is 0 Å². The highest BCUT2D eigenvalue weighted by molar-refractivity contribution is 6.04. The van der Waals surface area contributed by atoms with Gasteiger partial charge in [-0.1, -0.05) is 12.1 Å². The third kappa shape index (κ3) is 5.29. The lowest BCUT2D eigenvalue weighted by Crippen LogP contribution is -2.45. The molecule has 1 atom stereocenters. The largest absolute Gasteiger partial charge is 0.493 e. The maximum atomic E-state index is 12.7. The number of methoxy groups -OCH3 is 2. The Labute approximate surface area is 200 Å². The molecule has 0 bridgehead atoms. The molecule has 0 saturated heterocycles. The van der Waals surface area contributed by atoms with Crippen molar-refractivity contribution in [2.45, 2.75) is 18.9 Å². The van der Waals surface area contributed by atoms with Crippen LogP contribution >= 0.6 is 0 Å². The van der Waals surface area contributed by atoms with Crippen LogP contribution in [0.15, 0.2) is 59.4 Å². The molecule has 182 valence electrons. The molecule has 3 aromatic rings. The molecule has 11 heteroatoms. The highest BCUT2D eigenvalue weighted by Crippen LogP contribution is 2.29. The first-order valence-electron chi connectivity index (χ1n) is 10.3. The number of nitrogens with one attached hydrogen (secondary N) is 1. The second-order valence-electron chi connectivity index (χ2n) is 7.82. The molecule has 4 N–H and O–H groups in total. The predicted octanol–water partition coefficient (Wildman–Crippen LogP) is 1.65. The van der Waals surface area contributed by atoms with Crippen molar-refractivity contribution in [3.05, 3.63) is 81.8 Å². The lowest BCUT2D eigenvalue weighted by molar-refractivity contribution is -0.123. The van der Waals surface area contributed by atoms with E-state index in [2.05, 4.69) is 10.4 Å². The van der Waals surface area contributed by atoms with Crippen LogP contribution < -0.4 is 26.1 Å². The SMILES string of the molecule is COc1ccc(C(=O)Nc2ccc(C(C)(Cn3nc(C(=O)O)ccc3=O)C(N)=O)cc2)cc1OC. The minimum Gasteiger partial charge on any atom is -0.493 e. The number of hydrogen-bond donors (Lipinski definition) is 3. The normalized spacial score (nSPS) is 12.3. The smallest absolute Gasteiger partial charge is 0.356 e. The molecule has 1 aromatic heterocycles. The number of primary amides is 1. The van der Waals surface area contributed by atoms with E-state index in [1.807, 2.05) is 0 Å². The van der Waals surface area contributed by atoms with Crippen LogP contribution in [0.1, 0.15) is 33.3 Å². The zero-order valence-electron chi connectivity index (χ0n) is 19.3. The Morgan fingerprint density at radius 2 is 1.69 bits per heavy atom. The zero-order chi connectivity index (χ0) is 25.8. The molecule has 35 heavy (non-hydrogen) atoms. The van der Waals surface area contributed by atoms with Crippen LogP contribution in [0.2, 0.25) is 0 Å². The summed E-state index contributed by atoms with van der Waals surface area (Å²) in [6, 6.07) is 13.2. The number of aromatic nitrogens is 2. The van der Waals surface area contributed by atoms with E-state index in [-0.39, 0.29) is 12.2 Å². The molecule has 1 unspecified atom stereocenters. The summed E-state index contributed by atoms with van der Waals surface area (Å²) in [5.41, 5.74) is 4.58. The summed E-state index contributed by atoms with van der Waals surface area (Å²) in [5.74, 6) is -1.55. The van der Waals surface area contributed by atoms with E-state index in [0.717, 1.165) is 16.8 Å². The van der Waals surface area contributed by atoms with Gasteiger partial charge < -0.3 is 25.6 Å². The number of carbonyl (C=O) groups is 3. The first kappa shape index (κ1) is 25.0. The Kier molecular flexibility index (Phi) is 7.19. The van der Waals surface area contributed by atoms with Crippen molar-refractivity contribution in [1.82, 2.24) is 9.78 Å². The monoisotopic (exact) mass is 480 g/mol. The number of anilines is 1. The lowest BCUT2D eigenvalue weighted by atomic mass is 9.81. The number of carbonyl (C=O) groups excluding carboxylic acids is 2. The molecule has 3 rings (SSSR count). The van der Waals surface area contributed by atoms with Gasteiger partial charge in [-0.2, -0.15) is 5.10 Å². The molecule has 11 nitrogen and oxygen atoms in total. The number of carboxylic acid groups (broad SMARTS) is 1. The number of nitrogens with zero attached hydrogens (tertiary/aromatic N) is 2. The van der Waals surface area contributed by atoms with E-state index >= 15 is 0 Å². The Morgan fingerprint density at radius 3 is 2.26 bits per heavy atom. The fraction of sp³-hybridized carbons (Fsp3) is 0.208. The molecular weight excluding hydrogens is 456 g/mol. The van der Waals surface area contributed by atoms with Crippen molar-refractivity contribution in [3.8, 4) is 11.5 Å². The van der Waals surface area contributed by atoms with E-state index < -0.39 is 28.8 Å². The number of aromatic carboxylic acids is 1. The molecule has 0 fully saturated rings. The molecule has 0 aliphatic rings. The van der Waals surface area contributed by atoms with Crippen LogP contribution in [-0.2, 0) is 16.8 Å². The maximum absolute atomic E-state index is 12.7. The van der Waals surface area contributed by atoms with Crippen LogP contribution in [0.5, 0.6) is 11.5 Å². The van der Waals surface area contributed by atoms with Crippen molar-refractivity contribution in [2.75, 3.05) is 19.5 Å². The maximum Gasteiger partial charge on any atom is 0.356 e. The molecule has 2 aromatic carbocycles. The second-order valence-corrected chi connectivity index (χ2v) is 7.82. The van der Waals surface area contributed by atoms with E-state index in [4.69, 9.17) is 20.3 Å². The average Bonchev–Trinajstić information content (AvgIpc) is 2.84. The number of amides is 2. The van der Waals surface area contributed by atoms with Crippen LogP contribution in [0.3, 0.4) is 0 Å². The highest BCUT2D eigenvalue weighted by Gasteiger charge is 2.35. The summed E-state index contributed by atoms with van der Waals surface area (Å²) < 4.78 is 11.3. The summed E-state index contributed by atoms with van der Waals surface area (Å²) in [5, 5.41) is 15.7. The fourth-order valence-corrected chi connectivity index (χ4v) is 3.39. The Balaban J connectivity index is 1.85. The zero-order valence-corrected chi connectivity index (χ0v) is 19.3. The molecule has 0 saturated carbocycles. The Hall–Kier alpha value is -4.67. The summed E-state index contributed by atoms with van der Waals surface area (Å²) in [6.45, 7) is 1.24. The Morgan fingerprint density at radius 1 is 1.03 bits per heavy atom. The third-order valence-corrected chi connectivity index (χ3v) is 5.52. The standard InChI is InChI=1S/C24H24N4O7/c1-24(23(25)33,13-28-20(29)11-9-17(27-28)22(31)32)15-5-7-16(8-6-15)26-21(30)14-4-10-18(34-2)19(12-14)35-3/h4-12H,13H2,1-3H3,(H2,25,33)(H,26,30)(H,31,32). The van der Waals surface area contributed by atoms with Gasteiger partial charge in [-0.25, -0.2) is 9.48 Å². The van der Waals surface area contributed by atoms with Crippen LogP contribution in [0.25, 0.3) is 0 Å². The first-order chi connectivity index (χ1) is 16.6. The fourth-order valence-electron chi connectivity index (χ4n) is 3.39. The average molecular weight is 480 g/mol. The van der Waals surface area contributed by atoms with Gasteiger partial charge in [0.2, 0.25) is 5.91 Å². The molecule has 0 aliphatic carbocycles. The van der Waals surface area contributed by atoms with Crippen LogP contribution in [0.4, 0.5) is 5.69 Å². The Bertz CT molecular complexity index is 1330. The van der Waals surface area contributed by atoms with Gasteiger partial charge in [0.25, 0.3) is 11.5 Å². The minimum atomic E-state index is -1.39. The summed E-state index contributed by atoms with van der Waals surface area (Å²) in [6.07, 6.45) is 0. The predicted molar refractivity (Wildman–Crippen MR) is 126 cm³/mol. The van der Waals surface area contributed by atoms with Crippen LogP contribution in [0, 0.1) is 0 Å². The van der Waals surface area contributed by atoms with Crippen molar-refractivity contribution in [3.63, 3.8) is 0 Å². The summed E-state index contributed by atoms with van der Waals surface area (Å²) in [4.78, 5) is 48.5. The molecular formula is C24H24N4O7. The number of rotatable bonds is 9. The van der Waals surface area contributed by atoms with Gasteiger partial charge in [0.15, 0.2) is 17.2 Å². The number of hydrogen-bond acceptors (Lipinski definition) is 7. The van der Waals surface area contributed by atoms with Gasteiger partial charge in [-0.15, -0.1) is 0 Å². The highest BCUT2D eigenvalue weighted by atomic mass is 16.5. The van der Waals surface area contributed by atoms with E-state index in [0.29, 0.717) is 28.3 Å². The lowest BCUT2D eigenvalue weighted by Gasteiger charge is -2.27. The van der Waals surface area contributed by atoms with Crippen molar-refractivity contribution >= 4 is 23.5 Å². The first-order valence-corrected chi connectivity index (χ1v) is 10.3. The number of ether oxygens (including phenoxy) is 2. The molecule has 0 spiro atoms. The van der Waals surface area contributed by atoms with Crippen molar-refractivity contribution in [1.29, 1.82) is 0 Å². The number of nitrogens with two attached hydrogens (primary N) is 1. The third-order valence-electron chi connectivity index (χ3n) is 5.52. The number of benzene rings is 2. The summed E-state index contributed by atoms with van der Waals surface area (Å²) >= 11 is 0. The van der Waals surface area contributed by atoms with Gasteiger partial charge in [-0.05, 0) is 48.9 Å². The number of carboxylic acids is 1. The van der Waals surface area contributed by atoms with Gasteiger partial charge >= 0.3 is 5.97 Å². The van der Waals surface area contributed by atoms with Crippen molar-refractivity contribution < 1.29 is 29.0 Å². The van der Waals surface area contributed by atoms with Crippen molar-refractivity contribution in [2.24, 2.45) is 5.73 Å². The molecule has 2 amide bonds. The molecule has 0 radical (unpaired) electrons. The molecule has 1 heterocycles. The topological polar surface area (TPSA) is 163 Å².